The molecule has 0 atom stereocenters. The number of nitrogens with one attached hydrogen (secondary N) is 1. The summed E-state index contributed by atoms with van der Waals surface area (Å²) in [6, 6.07) is 12.8. The van der Waals surface area contributed by atoms with E-state index in [4.69, 9.17) is 11.6 Å². The average Bonchev–Trinajstić information content (AvgIpc) is 2.85. The van der Waals surface area contributed by atoms with Crippen LogP contribution in [0.2, 0.25) is 5.02 Å². The van der Waals surface area contributed by atoms with Crippen LogP contribution in [0.1, 0.15) is 5.56 Å². The molecule has 0 aliphatic rings. The van der Waals surface area contributed by atoms with Gasteiger partial charge in [0.25, 0.3) is 0 Å². The second-order valence-corrected chi connectivity index (χ2v) is 5.51. The van der Waals surface area contributed by atoms with Crippen molar-refractivity contribution in [1.82, 2.24) is 4.98 Å². The minimum absolute atomic E-state index is 0.0583. The summed E-state index contributed by atoms with van der Waals surface area (Å²) in [6.45, 7) is 0. The summed E-state index contributed by atoms with van der Waals surface area (Å²) >= 11 is 7.36. The van der Waals surface area contributed by atoms with Crippen LogP contribution >= 0.6 is 22.9 Å². The van der Waals surface area contributed by atoms with Crippen molar-refractivity contribution in [3.63, 3.8) is 0 Å². The van der Waals surface area contributed by atoms with Gasteiger partial charge in [-0.2, -0.15) is 5.10 Å². The predicted octanol–water partition coefficient (Wildman–Crippen LogP) is 4.10. The lowest BCUT2D eigenvalue weighted by molar-refractivity contribution is 0.475. The van der Waals surface area contributed by atoms with Crippen LogP contribution in [0.15, 0.2) is 47.6 Å². The smallest absolute Gasteiger partial charge is 0.204 e. The van der Waals surface area contributed by atoms with Crippen LogP contribution < -0.4 is 5.43 Å². The third-order valence-electron chi connectivity index (χ3n) is 2.64. The van der Waals surface area contributed by atoms with Gasteiger partial charge in [0, 0.05) is 0 Å². The molecule has 0 saturated heterocycles. The summed E-state index contributed by atoms with van der Waals surface area (Å²) in [5, 5.41) is 14.5. The largest absolute Gasteiger partial charge is 0.506 e. The van der Waals surface area contributed by atoms with Crippen molar-refractivity contribution >= 4 is 44.5 Å². The molecule has 0 bridgehead atoms. The first-order valence-corrected chi connectivity index (χ1v) is 7.05. The lowest BCUT2D eigenvalue weighted by Gasteiger charge is -1.97. The Bertz CT molecular complexity index is 752. The maximum Gasteiger partial charge on any atom is 0.204 e. The predicted molar refractivity (Wildman–Crippen MR) is 84.0 cm³/mol. The fourth-order valence-electron chi connectivity index (χ4n) is 1.69. The van der Waals surface area contributed by atoms with Gasteiger partial charge in [-0.3, -0.25) is 5.43 Å². The molecule has 3 aromatic rings. The number of anilines is 1. The third-order valence-corrected chi connectivity index (χ3v) is 3.88. The van der Waals surface area contributed by atoms with Crippen molar-refractivity contribution in [2.75, 3.05) is 5.43 Å². The van der Waals surface area contributed by atoms with Crippen LogP contribution in [0, 0.1) is 0 Å². The average molecular weight is 304 g/mol. The maximum atomic E-state index is 9.33. The summed E-state index contributed by atoms with van der Waals surface area (Å²) in [5.41, 5.74) is 4.63. The molecular weight excluding hydrogens is 294 g/mol. The lowest BCUT2D eigenvalue weighted by Crippen LogP contribution is -1.89. The quantitative estimate of drug-likeness (QED) is 0.565. The van der Waals surface area contributed by atoms with Crippen molar-refractivity contribution in [3.8, 4) is 5.75 Å². The molecule has 0 aliphatic carbocycles. The Morgan fingerprint density at radius 2 is 2.10 bits per heavy atom. The molecule has 0 fully saturated rings. The molecule has 1 heterocycles. The van der Waals surface area contributed by atoms with Crippen LogP contribution in [0.5, 0.6) is 5.75 Å². The van der Waals surface area contributed by atoms with Crippen LogP contribution in [0.4, 0.5) is 5.13 Å². The van der Waals surface area contributed by atoms with Gasteiger partial charge < -0.3 is 5.11 Å². The van der Waals surface area contributed by atoms with Crippen molar-refractivity contribution in [1.29, 1.82) is 0 Å². The Morgan fingerprint density at radius 3 is 2.90 bits per heavy atom. The van der Waals surface area contributed by atoms with Crippen LogP contribution in [-0.4, -0.2) is 16.3 Å². The zero-order chi connectivity index (χ0) is 13.9. The van der Waals surface area contributed by atoms with Gasteiger partial charge in [0.15, 0.2) is 0 Å². The topological polar surface area (TPSA) is 57.5 Å². The normalized spacial score (nSPS) is 11.2. The molecule has 0 saturated carbocycles. The first-order chi connectivity index (χ1) is 9.72. The van der Waals surface area contributed by atoms with Gasteiger partial charge in [0.1, 0.15) is 5.75 Å². The highest BCUT2D eigenvalue weighted by atomic mass is 35.5. The van der Waals surface area contributed by atoms with E-state index in [0.717, 1.165) is 20.9 Å². The second kappa shape index (κ2) is 5.48. The van der Waals surface area contributed by atoms with E-state index < -0.39 is 0 Å². The number of para-hydroxylation sites is 1. The van der Waals surface area contributed by atoms with E-state index in [9.17, 15) is 5.11 Å². The highest BCUT2D eigenvalue weighted by molar-refractivity contribution is 7.22. The number of fused-ring (bicyclic) bond motifs is 1. The number of thiazole rings is 1. The van der Waals surface area contributed by atoms with Crippen LogP contribution in [-0.2, 0) is 0 Å². The fraction of sp³-hybridized carbons (Fsp3) is 0. The molecule has 0 radical (unpaired) electrons. The zero-order valence-corrected chi connectivity index (χ0v) is 11.8. The van der Waals surface area contributed by atoms with Crippen molar-refractivity contribution in [2.45, 2.75) is 0 Å². The molecule has 4 nitrogen and oxygen atoms in total. The monoisotopic (exact) mass is 303 g/mol. The molecule has 0 aliphatic heterocycles. The minimum Gasteiger partial charge on any atom is -0.506 e. The van der Waals surface area contributed by atoms with Gasteiger partial charge in [-0.05, 0) is 35.9 Å². The second-order valence-electron chi connectivity index (χ2n) is 4.07. The summed E-state index contributed by atoms with van der Waals surface area (Å²) < 4.78 is 1.11. The Morgan fingerprint density at radius 1 is 1.25 bits per heavy atom. The molecular formula is C14H10ClN3OS. The van der Waals surface area contributed by atoms with Gasteiger partial charge in [0.05, 0.1) is 21.5 Å². The number of phenolic OH excluding ortho intramolecular Hbond substituents is 1. The highest BCUT2D eigenvalue weighted by Crippen LogP contribution is 2.25. The maximum absolute atomic E-state index is 9.33. The van der Waals surface area contributed by atoms with Crippen molar-refractivity contribution in [3.05, 3.63) is 53.1 Å². The van der Waals surface area contributed by atoms with Crippen molar-refractivity contribution < 1.29 is 5.11 Å². The molecule has 100 valence electrons. The van der Waals surface area contributed by atoms with Crippen LogP contribution in [0.25, 0.3) is 10.2 Å². The van der Waals surface area contributed by atoms with Gasteiger partial charge in [0.2, 0.25) is 5.13 Å². The van der Waals surface area contributed by atoms with Gasteiger partial charge in [-0.1, -0.05) is 35.1 Å². The lowest BCUT2D eigenvalue weighted by atomic mass is 10.2. The van der Waals surface area contributed by atoms with Gasteiger partial charge in [-0.25, -0.2) is 4.98 Å². The zero-order valence-electron chi connectivity index (χ0n) is 10.2. The molecule has 0 amide bonds. The number of rotatable bonds is 3. The molecule has 0 unspecified atom stereocenters. The van der Waals surface area contributed by atoms with E-state index in [1.54, 1.807) is 18.3 Å². The standard InChI is InChI=1S/C14H10ClN3OS/c15-10-7-9(5-6-12(10)19)8-16-18-14-17-11-3-1-2-4-13(11)20-14/h1-8,19H,(H,17,18)/b16-8-. The minimum atomic E-state index is 0.0583. The summed E-state index contributed by atoms with van der Waals surface area (Å²) in [4.78, 5) is 4.40. The number of hydrazone groups is 1. The number of hydrogen-bond donors (Lipinski definition) is 2. The number of aromatic hydroxyl groups is 1. The van der Waals surface area contributed by atoms with E-state index in [2.05, 4.69) is 15.5 Å². The molecule has 2 N–H and O–H groups in total. The number of benzene rings is 2. The number of nitrogens with zero attached hydrogens (tertiary/aromatic N) is 2. The number of aromatic nitrogens is 1. The number of hydrogen-bond acceptors (Lipinski definition) is 5. The molecule has 2 aromatic carbocycles. The van der Waals surface area contributed by atoms with Gasteiger partial charge >= 0.3 is 0 Å². The molecule has 6 heteroatoms. The Balaban J connectivity index is 1.75. The molecule has 1 aromatic heterocycles. The Labute approximate surface area is 124 Å². The third kappa shape index (κ3) is 2.74. The SMILES string of the molecule is Oc1ccc(/C=N\Nc2nc3ccccc3s2)cc1Cl. The number of phenols is 1. The molecule has 0 spiro atoms. The summed E-state index contributed by atoms with van der Waals surface area (Å²) in [5.74, 6) is 0.0583. The van der Waals surface area contributed by atoms with Crippen molar-refractivity contribution in [2.24, 2.45) is 5.10 Å². The van der Waals surface area contributed by atoms with E-state index >= 15 is 0 Å². The Hall–Kier alpha value is -2.11. The Kier molecular flexibility index (Phi) is 3.54. The first-order valence-electron chi connectivity index (χ1n) is 5.85. The van der Waals surface area contributed by atoms with Gasteiger partial charge in [-0.15, -0.1) is 0 Å². The van der Waals surface area contributed by atoms with E-state index in [1.165, 1.54) is 17.4 Å². The molecule has 3 rings (SSSR count). The van der Waals surface area contributed by atoms with Crippen LogP contribution in [0.3, 0.4) is 0 Å². The number of halogens is 1. The summed E-state index contributed by atoms with van der Waals surface area (Å²) in [7, 11) is 0. The highest BCUT2D eigenvalue weighted by Gasteiger charge is 2.01. The van der Waals surface area contributed by atoms with E-state index in [1.807, 2.05) is 24.3 Å². The molecule has 20 heavy (non-hydrogen) atoms. The van der Waals surface area contributed by atoms with E-state index in [0.29, 0.717) is 5.02 Å². The van der Waals surface area contributed by atoms with E-state index in [-0.39, 0.29) is 5.75 Å². The first kappa shape index (κ1) is 12.9. The fourth-order valence-corrected chi connectivity index (χ4v) is 2.69. The summed E-state index contributed by atoms with van der Waals surface area (Å²) in [6.07, 6.45) is 1.62.